The average Bonchev–Trinajstić information content (AvgIpc) is 2.92. The largest absolute Gasteiger partial charge is 0.391 e. The van der Waals surface area contributed by atoms with E-state index in [1.807, 2.05) is 0 Å². The Balaban J connectivity index is 1.90. The molecule has 21 heavy (non-hydrogen) atoms. The highest BCUT2D eigenvalue weighted by molar-refractivity contribution is 7.11. The van der Waals surface area contributed by atoms with Crippen LogP contribution in [0, 0.1) is 11.8 Å². The maximum Gasteiger partial charge on any atom is 0.391 e. The van der Waals surface area contributed by atoms with E-state index in [1.165, 1.54) is 9.75 Å². The molecule has 2 rings (SSSR count). The van der Waals surface area contributed by atoms with Gasteiger partial charge in [0.1, 0.15) is 0 Å². The molecule has 0 amide bonds. The van der Waals surface area contributed by atoms with Gasteiger partial charge in [-0.05, 0) is 56.6 Å². The van der Waals surface area contributed by atoms with E-state index in [4.69, 9.17) is 5.84 Å². The molecule has 0 aromatic carbocycles. The molecule has 2 nitrogen and oxygen atoms in total. The fourth-order valence-electron chi connectivity index (χ4n) is 3.15. The molecule has 6 heteroatoms. The molecule has 1 fully saturated rings. The lowest BCUT2D eigenvalue weighted by molar-refractivity contribution is -0.184. The van der Waals surface area contributed by atoms with Crippen LogP contribution in [0.1, 0.15) is 42.4 Å². The van der Waals surface area contributed by atoms with E-state index in [-0.39, 0.29) is 24.8 Å². The Bertz CT molecular complexity index is 436. The Morgan fingerprint density at radius 1 is 1.24 bits per heavy atom. The molecule has 1 saturated carbocycles. The molecular weight excluding hydrogens is 297 g/mol. The number of hydrazine groups is 1. The molecular formula is C15H23F3N2S. The Morgan fingerprint density at radius 2 is 1.86 bits per heavy atom. The second-order valence-electron chi connectivity index (χ2n) is 5.85. The first-order valence-electron chi connectivity index (χ1n) is 7.54. The summed E-state index contributed by atoms with van der Waals surface area (Å²) in [5.41, 5.74) is 2.83. The summed E-state index contributed by atoms with van der Waals surface area (Å²) >= 11 is 1.77. The van der Waals surface area contributed by atoms with E-state index in [9.17, 15) is 13.2 Å². The maximum atomic E-state index is 12.7. The molecule has 0 bridgehead atoms. The number of hydrogen-bond acceptors (Lipinski definition) is 3. The summed E-state index contributed by atoms with van der Waals surface area (Å²) in [5, 5.41) is 0. The summed E-state index contributed by atoms with van der Waals surface area (Å²) in [7, 11) is 0. The van der Waals surface area contributed by atoms with E-state index >= 15 is 0 Å². The molecule has 0 aliphatic heterocycles. The minimum atomic E-state index is -4.04. The first-order chi connectivity index (χ1) is 9.94. The lowest BCUT2D eigenvalue weighted by atomic mass is 9.77. The van der Waals surface area contributed by atoms with Crippen molar-refractivity contribution in [1.82, 2.24) is 5.43 Å². The standard InChI is InChI=1S/C15H23F3N2S/c1-2-12-7-8-13(21-12)9-14(20-19)10-3-5-11(6-4-10)15(16,17)18/h7-8,10-11,14,20H,2-6,9,19H2,1H3. The van der Waals surface area contributed by atoms with Crippen molar-refractivity contribution in [3.8, 4) is 0 Å². The molecule has 0 radical (unpaired) electrons. The van der Waals surface area contributed by atoms with Crippen molar-refractivity contribution < 1.29 is 13.2 Å². The van der Waals surface area contributed by atoms with Crippen LogP contribution in [0.25, 0.3) is 0 Å². The number of hydrogen-bond donors (Lipinski definition) is 2. The Labute approximate surface area is 127 Å². The van der Waals surface area contributed by atoms with Gasteiger partial charge in [-0.15, -0.1) is 11.3 Å². The van der Waals surface area contributed by atoms with Crippen molar-refractivity contribution in [2.75, 3.05) is 0 Å². The van der Waals surface area contributed by atoms with Gasteiger partial charge in [0.2, 0.25) is 0 Å². The zero-order valence-corrected chi connectivity index (χ0v) is 13.1. The third-order valence-corrected chi connectivity index (χ3v) is 5.76. The lowest BCUT2D eigenvalue weighted by Gasteiger charge is -2.34. The van der Waals surface area contributed by atoms with Crippen LogP contribution < -0.4 is 11.3 Å². The molecule has 1 atom stereocenters. The van der Waals surface area contributed by atoms with Gasteiger partial charge in [-0.1, -0.05) is 6.92 Å². The van der Waals surface area contributed by atoms with Crippen LogP contribution in [0.4, 0.5) is 13.2 Å². The Hall–Kier alpha value is -0.590. The number of thiophene rings is 1. The minimum absolute atomic E-state index is 0.0718. The van der Waals surface area contributed by atoms with Crippen LogP contribution in [0.15, 0.2) is 12.1 Å². The Morgan fingerprint density at radius 3 is 2.33 bits per heavy atom. The quantitative estimate of drug-likeness (QED) is 0.634. The summed E-state index contributed by atoms with van der Waals surface area (Å²) in [6.45, 7) is 2.12. The first-order valence-corrected chi connectivity index (χ1v) is 8.36. The fourth-order valence-corrected chi connectivity index (χ4v) is 4.17. The summed E-state index contributed by atoms with van der Waals surface area (Å²) in [5.74, 6) is 4.76. The predicted octanol–water partition coefficient (Wildman–Crippen LogP) is 4.05. The third-order valence-electron chi connectivity index (χ3n) is 4.50. The smallest absolute Gasteiger partial charge is 0.271 e. The van der Waals surface area contributed by atoms with Gasteiger partial charge in [0, 0.05) is 15.8 Å². The van der Waals surface area contributed by atoms with E-state index in [1.54, 1.807) is 11.3 Å². The fraction of sp³-hybridized carbons (Fsp3) is 0.733. The van der Waals surface area contributed by atoms with Crippen LogP contribution in [0.2, 0.25) is 0 Å². The highest BCUT2D eigenvalue weighted by Crippen LogP contribution is 2.40. The molecule has 1 aromatic rings. The van der Waals surface area contributed by atoms with Crippen LogP contribution >= 0.6 is 11.3 Å². The van der Waals surface area contributed by atoms with Crippen LogP contribution in [-0.4, -0.2) is 12.2 Å². The third kappa shape index (κ3) is 4.44. The normalized spacial score (nSPS) is 25.0. The molecule has 1 heterocycles. The SMILES string of the molecule is CCc1ccc(CC(NN)C2CCC(C(F)(F)F)CC2)s1. The molecule has 0 saturated heterocycles. The molecule has 1 aromatic heterocycles. The maximum absolute atomic E-state index is 12.7. The average molecular weight is 320 g/mol. The van der Waals surface area contributed by atoms with Crippen LogP contribution in [0.3, 0.4) is 0 Å². The van der Waals surface area contributed by atoms with Crippen molar-refractivity contribution in [1.29, 1.82) is 0 Å². The van der Waals surface area contributed by atoms with E-state index in [0.29, 0.717) is 12.8 Å². The van der Waals surface area contributed by atoms with Crippen molar-refractivity contribution >= 4 is 11.3 Å². The summed E-state index contributed by atoms with van der Waals surface area (Å²) in [6.07, 6.45) is -0.547. The van der Waals surface area contributed by atoms with Gasteiger partial charge in [-0.25, -0.2) is 0 Å². The zero-order chi connectivity index (χ0) is 15.5. The Kier molecular flexibility index (Phi) is 5.68. The van der Waals surface area contributed by atoms with Gasteiger partial charge in [0.15, 0.2) is 0 Å². The number of alkyl halides is 3. The number of rotatable bonds is 5. The second kappa shape index (κ2) is 7.11. The van der Waals surface area contributed by atoms with Gasteiger partial charge in [0.05, 0.1) is 5.92 Å². The highest BCUT2D eigenvalue weighted by atomic mass is 32.1. The number of nitrogens with one attached hydrogen (secondary N) is 1. The zero-order valence-electron chi connectivity index (χ0n) is 12.2. The molecule has 1 aliphatic rings. The number of halogens is 3. The molecule has 1 unspecified atom stereocenters. The van der Waals surface area contributed by atoms with Crippen molar-refractivity contribution in [3.63, 3.8) is 0 Å². The van der Waals surface area contributed by atoms with Gasteiger partial charge in [-0.3, -0.25) is 11.3 Å². The van der Waals surface area contributed by atoms with Crippen molar-refractivity contribution in [2.24, 2.45) is 17.7 Å². The summed E-state index contributed by atoms with van der Waals surface area (Å²) < 4.78 is 38.1. The second-order valence-corrected chi connectivity index (χ2v) is 7.11. The van der Waals surface area contributed by atoms with Gasteiger partial charge >= 0.3 is 6.18 Å². The van der Waals surface area contributed by atoms with Crippen LogP contribution in [0.5, 0.6) is 0 Å². The van der Waals surface area contributed by atoms with E-state index in [2.05, 4.69) is 24.5 Å². The van der Waals surface area contributed by atoms with Crippen molar-refractivity contribution in [3.05, 3.63) is 21.9 Å². The van der Waals surface area contributed by atoms with Crippen LogP contribution in [-0.2, 0) is 12.8 Å². The van der Waals surface area contributed by atoms with Crippen molar-refractivity contribution in [2.45, 2.75) is 57.7 Å². The number of aryl methyl sites for hydroxylation is 1. The van der Waals surface area contributed by atoms with Gasteiger partial charge < -0.3 is 0 Å². The lowest BCUT2D eigenvalue weighted by Crippen LogP contribution is -2.44. The van der Waals surface area contributed by atoms with Gasteiger partial charge in [-0.2, -0.15) is 13.2 Å². The molecule has 1 aliphatic carbocycles. The topological polar surface area (TPSA) is 38.0 Å². The predicted molar refractivity (Wildman–Crippen MR) is 80.0 cm³/mol. The monoisotopic (exact) mass is 320 g/mol. The molecule has 0 spiro atoms. The molecule has 3 N–H and O–H groups in total. The highest BCUT2D eigenvalue weighted by Gasteiger charge is 2.42. The summed E-state index contributed by atoms with van der Waals surface area (Å²) in [4.78, 5) is 2.59. The number of nitrogens with two attached hydrogens (primary N) is 1. The van der Waals surface area contributed by atoms with Gasteiger partial charge in [0.25, 0.3) is 0 Å². The first kappa shape index (κ1) is 16.8. The van der Waals surface area contributed by atoms with E-state index in [0.717, 1.165) is 12.8 Å². The minimum Gasteiger partial charge on any atom is -0.271 e. The van der Waals surface area contributed by atoms with E-state index < -0.39 is 12.1 Å². The molecule has 120 valence electrons. The summed E-state index contributed by atoms with van der Waals surface area (Å²) in [6, 6.07) is 4.30.